The van der Waals surface area contributed by atoms with Crippen LogP contribution in [0.4, 0.5) is 5.69 Å². The average molecular weight is 400 g/mol. The summed E-state index contributed by atoms with van der Waals surface area (Å²) >= 11 is 1.97. The molecule has 2 aromatic rings. The van der Waals surface area contributed by atoms with Gasteiger partial charge in [0.15, 0.2) is 0 Å². The van der Waals surface area contributed by atoms with Crippen molar-refractivity contribution in [2.45, 2.75) is 13.5 Å². The van der Waals surface area contributed by atoms with E-state index in [1.54, 1.807) is 31.2 Å². The normalized spacial score (nSPS) is 10.2. The molecule has 0 aliphatic carbocycles. The molecule has 110 valence electrons. The fourth-order valence-electron chi connectivity index (χ4n) is 1.60. The van der Waals surface area contributed by atoms with E-state index in [-0.39, 0.29) is 18.4 Å². The molecule has 8 heteroatoms. The van der Waals surface area contributed by atoms with Crippen molar-refractivity contribution < 1.29 is 14.3 Å². The average Bonchev–Trinajstić information content (AvgIpc) is 2.85. The van der Waals surface area contributed by atoms with Crippen LogP contribution in [0, 0.1) is 3.83 Å². The van der Waals surface area contributed by atoms with E-state index in [0.717, 1.165) is 0 Å². The molecule has 1 aromatic heterocycles. The first-order valence-electron chi connectivity index (χ1n) is 6.20. The highest BCUT2D eigenvalue weighted by molar-refractivity contribution is 14.1. The number of halogens is 1. The van der Waals surface area contributed by atoms with Crippen molar-refractivity contribution in [1.82, 2.24) is 14.8 Å². The number of amides is 1. The van der Waals surface area contributed by atoms with Crippen molar-refractivity contribution in [2.24, 2.45) is 0 Å². The van der Waals surface area contributed by atoms with Crippen molar-refractivity contribution in [2.75, 3.05) is 11.9 Å². The van der Waals surface area contributed by atoms with Gasteiger partial charge in [-0.15, -0.1) is 5.10 Å². The van der Waals surface area contributed by atoms with Crippen LogP contribution in [0.25, 0.3) is 0 Å². The Labute approximate surface area is 134 Å². The first-order chi connectivity index (χ1) is 10.1. The lowest BCUT2D eigenvalue weighted by atomic mass is 10.2. The summed E-state index contributed by atoms with van der Waals surface area (Å²) in [6.07, 6.45) is 1.49. The van der Waals surface area contributed by atoms with Crippen LogP contribution in [0.5, 0.6) is 0 Å². The lowest BCUT2D eigenvalue weighted by molar-refractivity contribution is -0.116. The minimum absolute atomic E-state index is 0.0790. The number of anilines is 1. The summed E-state index contributed by atoms with van der Waals surface area (Å²) in [5.41, 5.74) is 1.04. The van der Waals surface area contributed by atoms with Gasteiger partial charge in [-0.05, 0) is 31.2 Å². The van der Waals surface area contributed by atoms with Gasteiger partial charge in [-0.1, -0.05) is 0 Å². The molecule has 1 N–H and O–H groups in total. The van der Waals surface area contributed by atoms with Crippen LogP contribution in [0.3, 0.4) is 0 Å². The molecule has 1 amide bonds. The van der Waals surface area contributed by atoms with Crippen molar-refractivity contribution in [1.29, 1.82) is 0 Å². The second-order valence-electron chi connectivity index (χ2n) is 4.06. The van der Waals surface area contributed by atoms with Crippen LogP contribution >= 0.6 is 22.6 Å². The van der Waals surface area contributed by atoms with Crippen molar-refractivity contribution >= 4 is 40.2 Å². The van der Waals surface area contributed by atoms with E-state index >= 15 is 0 Å². The number of esters is 1. The summed E-state index contributed by atoms with van der Waals surface area (Å²) in [6, 6.07) is 6.50. The molecule has 0 bridgehead atoms. The highest BCUT2D eigenvalue weighted by Crippen LogP contribution is 2.10. The van der Waals surface area contributed by atoms with E-state index in [2.05, 4.69) is 15.4 Å². The largest absolute Gasteiger partial charge is 0.462 e. The molecule has 21 heavy (non-hydrogen) atoms. The first-order valence-corrected chi connectivity index (χ1v) is 7.28. The Morgan fingerprint density at radius 3 is 2.62 bits per heavy atom. The highest BCUT2D eigenvalue weighted by atomic mass is 127. The Hall–Kier alpha value is -1.97. The molecule has 0 atom stereocenters. The third-order valence-corrected chi connectivity index (χ3v) is 2.99. The molecule has 0 spiro atoms. The van der Waals surface area contributed by atoms with Gasteiger partial charge in [-0.3, -0.25) is 4.79 Å². The molecular formula is C13H13IN4O3. The Morgan fingerprint density at radius 2 is 2.05 bits per heavy atom. The molecule has 7 nitrogen and oxygen atoms in total. The monoisotopic (exact) mass is 400 g/mol. The summed E-state index contributed by atoms with van der Waals surface area (Å²) in [7, 11) is 0. The zero-order chi connectivity index (χ0) is 15.2. The number of carbonyl (C=O) groups excluding carboxylic acids is 2. The molecule has 0 saturated carbocycles. The Balaban J connectivity index is 1.93. The lowest BCUT2D eigenvalue weighted by Gasteiger charge is -2.06. The summed E-state index contributed by atoms with van der Waals surface area (Å²) in [5.74, 6) is -0.604. The van der Waals surface area contributed by atoms with Crippen molar-refractivity contribution in [3.8, 4) is 0 Å². The maximum atomic E-state index is 11.8. The van der Waals surface area contributed by atoms with Crippen LogP contribution in [0.2, 0.25) is 0 Å². The SMILES string of the molecule is CCOC(=O)c1ccc(NC(=O)Cn2cnc(I)n2)cc1. The summed E-state index contributed by atoms with van der Waals surface area (Å²) in [6.45, 7) is 2.15. The molecule has 1 heterocycles. The van der Waals surface area contributed by atoms with Gasteiger partial charge in [0.2, 0.25) is 9.74 Å². The summed E-state index contributed by atoms with van der Waals surface area (Å²) < 4.78 is 6.92. The number of aromatic nitrogens is 3. The molecule has 0 saturated heterocycles. The molecule has 0 aliphatic heterocycles. The molecule has 0 fully saturated rings. The van der Waals surface area contributed by atoms with E-state index in [4.69, 9.17) is 4.74 Å². The van der Waals surface area contributed by atoms with Crippen LogP contribution in [-0.4, -0.2) is 33.2 Å². The number of nitrogens with one attached hydrogen (secondary N) is 1. The van der Waals surface area contributed by atoms with Gasteiger partial charge in [0, 0.05) is 28.3 Å². The highest BCUT2D eigenvalue weighted by Gasteiger charge is 2.08. The smallest absolute Gasteiger partial charge is 0.338 e. The van der Waals surface area contributed by atoms with Gasteiger partial charge < -0.3 is 10.1 Å². The standard InChI is InChI=1S/C13H13IN4O3/c1-2-21-12(20)9-3-5-10(6-4-9)16-11(19)7-18-8-15-13(14)17-18/h3-6,8H,2,7H2,1H3,(H,16,19). The van der Waals surface area contributed by atoms with Gasteiger partial charge in [0.25, 0.3) is 0 Å². The number of carbonyl (C=O) groups is 2. The third-order valence-electron chi connectivity index (χ3n) is 2.49. The second kappa shape index (κ2) is 7.16. The Bertz CT molecular complexity index is 639. The van der Waals surface area contributed by atoms with Crippen LogP contribution in [-0.2, 0) is 16.1 Å². The van der Waals surface area contributed by atoms with E-state index in [1.165, 1.54) is 11.0 Å². The summed E-state index contributed by atoms with van der Waals surface area (Å²) in [5, 5.41) is 6.74. The zero-order valence-corrected chi connectivity index (χ0v) is 13.4. The van der Waals surface area contributed by atoms with Crippen molar-refractivity contribution in [3.05, 3.63) is 40.0 Å². The molecule has 0 radical (unpaired) electrons. The van der Waals surface area contributed by atoms with Gasteiger partial charge in [-0.2, -0.15) is 0 Å². The minimum Gasteiger partial charge on any atom is -0.462 e. The third kappa shape index (κ3) is 4.52. The van der Waals surface area contributed by atoms with E-state index in [9.17, 15) is 9.59 Å². The van der Waals surface area contributed by atoms with Gasteiger partial charge in [-0.25, -0.2) is 14.5 Å². The lowest BCUT2D eigenvalue weighted by Crippen LogP contribution is -2.19. The predicted octanol–water partition coefficient (Wildman–Crippen LogP) is 1.70. The minimum atomic E-state index is -0.382. The number of benzene rings is 1. The number of nitrogens with zero attached hydrogens (tertiary/aromatic N) is 3. The van der Waals surface area contributed by atoms with Gasteiger partial charge >= 0.3 is 5.97 Å². The summed E-state index contributed by atoms with van der Waals surface area (Å²) in [4.78, 5) is 27.2. The van der Waals surface area contributed by atoms with E-state index in [1.807, 2.05) is 22.6 Å². The fourth-order valence-corrected chi connectivity index (χ4v) is 2.00. The number of rotatable bonds is 5. The molecular weight excluding hydrogens is 387 g/mol. The zero-order valence-electron chi connectivity index (χ0n) is 11.2. The topological polar surface area (TPSA) is 86.1 Å². The molecule has 0 unspecified atom stereocenters. The van der Waals surface area contributed by atoms with Crippen LogP contribution in [0.1, 0.15) is 17.3 Å². The maximum absolute atomic E-state index is 11.8. The van der Waals surface area contributed by atoms with Crippen LogP contribution < -0.4 is 5.32 Å². The number of ether oxygens (including phenoxy) is 1. The van der Waals surface area contributed by atoms with E-state index in [0.29, 0.717) is 21.7 Å². The Morgan fingerprint density at radius 1 is 1.33 bits per heavy atom. The predicted molar refractivity (Wildman–Crippen MR) is 83.8 cm³/mol. The van der Waals surface area contributed by atoms with E-state index < -0.39 is 0 Å². The van der Waals surface area contributed by atoms with Gasteiger partial charge in [0.05, 0.1) is 12.2 Å². The second-order valence-corrected chi connectivity index (χ2v) is 5.02. The number of hydrogen-bond donors (Lipinski definition) is 1. The van der Waals surface area contributed by atoms with Crippen molar-refractivity contribution in [3.63, 3.8) is 0 Å². The molecule has 1 aromatic carbocycles. The fraction of sp³-hybridized carbons (Fsp3) is 0.231. The molecule has 2 rings (SSSR count). The number of hydrogen-bond acceptors (Lipinski definition) is 5. The molecule has 0 aliphatic rings. The quantitative estimate of drug-likeness (QED) is 0.610. The Kier molecular flexibility index (Phi) is 5.26. The van der Waals surface area contributed by atoms with Crippen LogP contribution in [0.15, 0.2) is 30.6 Å². The first kappa shape index (κ1) is 15.4. The van der Waals surface area contributed by atoms with Gasteiger partial charge in [0.1, 0.15) is 12.9 Å². The maximum Gasteiger partial charge on any atom is 0.338 e.